The maximum atomic E-state index is 3.36. The zero-order valence-corrected chi connectivity index (χ0v) is 9.74. The molecule has 0 heteroatoms. The number of hydrogen-bond donors (Lipinski definition) is 0. The van der Waals surface area contributed by atoms with Crippen molar-refractivity contribution in [1.82, 2.24) is 0 Å². The lowest BCUT2D eigenvalue weighted by Gasteiger charge is -2.08. The summed E-state index contributed by atoms with van der Waals surface area (Å²) in [4.78, 5) is 0. The van der Waals surface area contributed by atoms with Crippen molar-refractivity contribution < 1.29 is 0 Å². The number of rotatable bonds is 4. The molecule has 0 saturated heterocycles. The summed E-state index contributed by atoms with van der Waals surface area (Å²) >= 11 is 0. The topological polar surface area (TPSA) is 0 Å². The molecular formula is C16H17. The standard InChI is InChI=1S/C16H17/c1-2-3-9-14-12-7-8-13-16(14)15-10-5-4-6-11-15/h4-8,10-12H,2-3,9H2,1H3. The van der Waals surface area contributed by atoms with Crippen LogP contribution in [0.2, 0.25) is 0 Å². The minimum absolute atomic E-state index is 1.15. The van der Waals surface area contributed by atoms with Gasteiger partial charge in [-0.15, -0.1) is 0 Å². The lowest BCUT2D eigenvalue weighted by atomic mass is 9.96. The highest BCUT2D eigenvalue weighted by molar-refractivity contribution is 5.66. The molecule has 1 radical (unpaired) electrons. The van der Waals surface area contributed by atoms with Crippen LogP contribution in [0.5, 0.6) is 0 Å². The lowest BCUT2D eigenvalue weighted by molar-refractivity contribution is 0.796. The largest absolute Gasteiger partial charge is 0.0654 e. The fourth-order valence-electron chi connectivity index (χ4n) is 1.92. The van der Waals surface area contributed by atoms with Crippen molar-refractivity contribution in [3.8, 4) is 11.1 Å². The van der Waals surface area contributed by atoms with Gasteiger partial charge in [-0.05, 0) is 35.6 Å². The third-order valence-corrected chi connectivity index (χ3v) is 2.80. The van der Waals surface area contributed by atoms with Gasteiger partial charge < -0.3 is 0 Å². The zero-order chi connectivity index (χ0) is 11.2. The van der Waals surface area contributed by atoms with E-state index >= 15 is 0 Å². The van der Waals surface area contributed by atoms with E-state index in [2.05, 4.69) is 55.5 Å². The molecule has 0 bridgehead atoms. The zero-order valence-electron chi connectivity index (χ0n) is 9.74. The van der Waals surface area contributed by atoms with Crippen LogP contribution in [-0.2, 0) is 6.42 Å². The Kier molecular flexibility index (Phi) is 3.76. The summed E-state index contributed by atoms with van der Waals surface area (Å²) in [5, 5.41) is 0. The molecule has 0 saturated carbocycles. The van der Waals surface area contributed by atoms with Gasteiger partial charge in [0.2, 0.25) is 0 Å². The van der Waals surface area contributed by atoms with E-state index in [0.717, 1.165) is 6.42 Å². The van der Waals surface area contributed by atoms with Gasteiger partial charge in [0, 0.05) is 0 Å². The first-order valence-electron chi connectivity index (χ1n) is 5.97. The maximum absolute atomic E-state index is 3.36. The second-order valence-corrected chi connectivity index (χ2v) is 4.04. The van der Waals surface area contributed by atoms with Crippen molar-refractivity contribution in [2.24, 2.45) is 0 Å². The average molecular weight is 209 g/mol. The fraction of sp³-hybridized carbons (Fsp3) is 0.250. The molecule has 0 aromatic heterocycles. The average Bonchev–Trinajstić information content (AvgIpc) is 2.38. The van der Waals surface area contributed by atoms with Crippen molar-refractivity contribution >= 4 is 0 Å². The van der Waals surface area contributed by atoms with Gasteiger partial charge in [0.1, 0.15) is 0 Å². The van der Waals surface area contributed by atoms with Crippen molar-refractivity contribution in [2.45, 2.75) is 26.2 Å². The Balaban J connectivity index is 2.33. The summed E-state index contributed by atoms with van der Waals surface area (Å²) in [6.45, 7) is 2.23. The van der Waals surface area contributed by atoms with Crippen LogP contribution in [0, 0.1) is 6.07 Å². The van der Waals surface area contributed by atoms with Gasteiger partial charge >= 0.3 is 0 Å². The minimum Gasteiger partial charge on any atom is -0.0654 e. The van der Waals surface area contributed by atoms with Gasteiger partial charge in [0.05, 0.1) is 0 Å². The summed E-state index contributed by atoms with van der Waals surface area (Å²) in [6.07, 6.45) is 3.64. The van der Waals surface area contributed by atoms with Crippen LogP contribution in [0.4, 0.5) is 0 Å². The van der Waals surface area contributed by atoms with Crippen LogP contribution in [0.1, 0.15) is 25.3 Å². The minimum atomic E-state index is 1.15. The van der Waals surface area contributed by atoms with Gasteiger partial charge in [-0.2, -0.15) is 0 Å². The Bertz CT molecular complexity index is 429. The summed E-state index contributed by atoms with van der Waals surface area (Å²) in [6, 6.07) is 20.2. The molecule has 81 valence electrons. The van der Waals surface area contributed by atoms with E-state index in [0.29, 0.717) is 0 Å². The highest BCUT2D eigenvalue weighted by Gasteiger charge is 2.03. The molecule has 0 unspecified atom stereocenters. The van der Waals surface area contributed by atoms with Crippen molar-refractivity contribution in [3.63, 3.8) is 0 Å². The lowest BCUT2D eigenvalue weighted by Crippen LogP contribution is -1.89. The second kappa shape index (κ2) is 5.50. The molecular weight excluding hydrogens is 192 g/mol. The Morgan fingerprint density at radius 1 is 1.00 bits per heavy atom. The molecule has 16 heavy (non-hydrogen) atoms. The summed E-state index contributed by atoms with van der Waals surface area (Å²) in [5.74, 6) is 0. The summed E-state index contributed by atoms with van der Waals surface area (Å²) in [5.41, 5.74) is 3.95. The smallest absolute Gasteiger partial charge is 0.00731 e. The predicted molar refractivity (Wildman–Crippen MR) is 69.3 cm³/mol. The van der Waals surface area contributed by atoms with Gasteiger partial charge in [-0.3, -0.25) is 0 Å². The molecule has 0 aliphatic heterocycles. The molecule has 0 fully saturated rings. The number of aryl methyl sites for hydroxylation is 1. The molecule has 0 amide bonds. The summed E-state index contributed by atoms with van der Waals surface area (Å²) < 4.78 is 0. The second-order valence-electron chi connectivity index (χ2n) is 4.04. The van der Waals surface area contributed by atoms with Crippen LogP contribution in [-0.4, -0.2) is 0 Å². The third-order valence-electron chi connectivity index (χ3n) is 2.80. The molecule has 0 nitrogen and oxygen atoms in total. The highest BCUT2D eigenvalue weighted by Crippen LogP contribution is 2.23. The molecule has 0 N–H and O–H groups in total. The van der Waals surface area contributed by atoms with Gasteiger partial charge in [0.25, 0.3) is 0 Å². The SMILES string of the molecule is CCCCc1ccc[c]c1-c1ccccc1. The molecule has 2 aromatic rings. The molecule has 2 rings (SSSR count). The van der Waals surface area contributed by atoms with Crippen LogP contribution in [0.15, 0.2) is 48.5 Å². The van der Waals surface area contributed by atoms with Crippen LogP contribution < -0.4 is 0 Å². The first-order valence-corrected chi connectivity index (χ1v) is 5.97. The van der Waals surface area contributed by atoms with E-state index in [4.69, 9.17) is 0 Å². The molecule has 0 atom stereocenters. The number of unbranched alkanes of at least 4 members (excludes halogenated alkanes) is 1. The Morgan fingerprint density at radius 3 is 2.56 bits per heavy atom. The number of benzene rings is 2. The van der Waals surface area contributed by atoms with Crippen LogP contribution in [0.3, 0.4) is 0 Å². The monoisotopic (exact) mass is 209 g/mol. The van der Waals surface area contributed by atoms with Crippen molar-refractivity contribution in [2.75, 3.05) is 0 Å². The van der Waals surface area contributed by atoms with E-state index in [-0.39, 0.29) is 0 Å². The van der Waals surface area contributed by atoms with Gasteiger partial charge in [-0.1, -0.05) is 61.9 Å². The normalized spacial score (nSPS) is 10.3. The maximum Gasteiger partial charge on any atom is -0.00731 e. The Labute approximate surface area is 97.9 Å². The van der Waals surface area contributed by atoms with Crippen LogP contribution >= 0.6 is 0 Å². The predicted octanol–water partition coefficient (Wildman–Crippen LogP) is 4.50. The first kappa shape index (κ1) is 10.9. The number of hydrogen-bond acceptors (Lipinski definition) is 0. The highest BCUT2D eigenvalue weighted by atomic mass is 14.1. The molecule has 0 heterocycles. The Hall–Kier alpha value is -1.56. The van der Waals surface area contributed by atoms with E-state index in [9.17, 15) is 0 Å². The summed E-state index contributed by atoms with van der Waals surface area (Å²) in [7, 11) is 0. The third kappa shape index (κ3) is 2.52. The first-order chi connectivity index (χ1) is 7.92. The quantitative estimate of drug-likeness (QED) is 0.695. The van der Waals surface area contributed by atoms with Crippen molar-refractivity contribution in [1.29, 1.82) is 0 Å². The van der Waals surface area contributed by atoms with Gasteiger partial charge in [-0.25, -0.2) is 0 Å². The van der Waals surface area contributed by atoms with E-state index in [1.807, 2.05) is 6.07 Å². The van der Waals surface area contributed by atoms with E-state index < -0.39 is 0 Å². The van der Waals surface area contributed by atoms with Crippen molar-refractivity contribution in [3.05, 3.63) is 60.2 Å². The van der Waals surface area contributed by atoms with Gasteiger partial charge in [0.15, 0.2) is 0 Å². The molecule has 0 aliphatic rings. The van der Waals surface area contributed by atoms with E-state index in [1.54, 1.807) is 0 Å². The van der Waals surface area contributed by atoms with Crippen LogP contribution in [0.25, 0.3) is 11.1 Å². The fourth-order valence-corrected chi connectivity index (χ4v) is 1.92. The molecule has 0 spiro atoms. The Morgan fingerprint density at radius 2 is 1.81 bits per heavy atom. The van der Waals surface area contributed by atoms with E-state index in [1.165, 1.54) is 29.5 Å². The molecule has 0 aliphatic carbocycles. The molecule has 2 aromatic carbocycles.